The molecule has 0 heterocycles. The van der Waals surface area contributed by atoms with E-state index in [0.29, 0.717) is 12.5 Å². The summed E-state index contributed by atoms with van der Waals surface area (Å²) < 4.78 is 35.0. The minimum absolute atomic E-state index is 0.00984. The highest BCUT2D eigenvalue weighted by Crippen LogP contribution is 2.37. The molecule has 0 aliphatic heterocycles. The summed E-state index contributed by atoms with van der Waals surface area (Å²) in [6.07, 6.45) is 4.43. The van der Waals surface area contributed by atoms with Crippen LogP contribution in [0.2, 0.25) is 5.02 Å². The summed E-state index contributed by atoms with van der Waals surface area (Å²) in [5.74, 6) is -0.241. The molecule has 23 heavy (non-hydrogen) atoms. The third-order valence-electron chi connectivity index (χ3n) is 4.12. The van der Waals surface area contributed by atoms with E-state index in [4.69, 9.17) is 16.3 Å². The molecule has 0 unspecified atom stereocenters. The van der Waals surface area contributed by atoms with Gasteiger partial charge in [0, 0.05) is 0 Å². The molecular formula is C16H21ClO5S. The maximum absolute atomic E-state index is 12.3. The van der Waals surface area contributed by atoms with Gasteiger partial charge in [0.05, 0.1) is 30.1 Å². The van der Waals surface area contributed by atoms with Crippen LogP contribution in [-0.2, 0) is 14.6 Å². The van der Waals surface area contributed by atoms with E-state index in [2.05, 4.69) is 4.74 Å². The van der Waals surface area contributed by atoms with Gasteiger partial charge in [-0.05, 0) is 30.9 Å². The van der Waals surface area contributed by atoms with Crippen LogP contribution in [0.3, 0.4) is 0 Å². The Hall–Kier alpha value is -1.27. The highest BCUT2D eigenvalue weighted by atomic mass is 35.5. The number of hydrogen-bond donors (Lipinski definition) is 0. The van der Waals surface area contributed by atoms with Crippen molar-refractivity contribution in [2.24, 2.45) is 5.92 Å². The van der Waals surface area contributed by atoms with Crippen molar-refractivity contribution >= 4 is 27.4 Å². The van der Waals surface area contributed by atoms with Gasteiger partial charge in [0.1, 0.15) is 4.90 Å². The van der Waals surface area contributed by atoms with E-state index in [9.17, 15) is 13.2 Å². The average Bonchev–Trinajstić information content (AvgIpc) is 3.06. The van der Waals surface area contributed by atoms with Crippen molar-refractivity contribution in [3.8, 4) is 5.75 Å². The van der Waals surface area contributed by atoms with Crippen LogP contribution in [0.5, 0.6) is 5.75 Å². The number of ether oxygens (including phenoxy) is 2. The van der Waals surface area contributed by atoms with E-state index in [1.165, 1.54) is 19.2 Å². The molecule has 0 spiro atoms. The summed E-state index contributed by atoms with van der Waals surface area (Å²) in [5, 5.41) is -0.00984. The van der Waals surface area contributed by atoms with Crippen LogP contribution in [0.25, 0.3) is 0 Å². The third kappa shape index (κ3) is 3.98. The number of esters is 1. The second-order valence-electron chi connectivity index (χ2n) is 5.61. The van der Waals surface area contributed by atoms with Gasteiger partial charge in [-0.15, -0.1) is 0 Å². The maximum Gasteiger partial charge on any atom is 0.339 e. The summed E-state index contributed by atoms with van der Waals surface area (Å²) in [6, 6.07) is 2.72. The van der Waals surface area contributed by atoms with Gasteiger partial charge >= 0.3 is 5.97 Å². The van der Waals surface area contributed by atoms with Crippen LogP contribution >= 0.6 is 11.6 Å². The fourth-order valence-corrected chi connectivity index (χ4v) is 4.10. The Morgan fingerprint density at radius 2 is 1.96 bits per heavy atom. The van der Waals surface area contributed by atoms with Crippen LogP contribution in [0.15, 0.2) is 17.0 Å². The maximum atomic E-state index is 12.3. The van der Waals surface area contributed by atoms with Crippen molar-refractivity contribution in [2.75, 3.05) is 19.5 Å². The van der Waals surface area contributed by atoms with E-state index in [1.54, 1.807) is 6.92 Å². The third-order valence-corrected chi connectivity index (χ3v) is 6.25. The number of methoxy groups -OCH3 is 1. The Bertz CT molecular complexity index is 678. The number of carbonyl (C=O) groups excluding carboxylic acids is 1. The first-order chi connectivity index (χ1) is 10.9. The van der Waals surface area contributed by atoms with E-state index in [1.807, 2.05) is 0 Å². The first kappa shape index (κ1) is 18.1. The summed E-state index contributed by atoms with van der Waals surface area (Å²) in [4.78, 5) is 11.8. The highest BCUT2D eigenvalue weighted by molar-refractivity contribution is 7.91. The number of halogens is 1. The second kappa shape index (κ2) is 7.53. The topological polar surface area (TPSA) is 69.7 Å². The minimum Gasteiger partial charge on any atom is -0.490 e. The largest absolute Gasteiger partial charge is 0.490 e. The molecule has 1 saturated carbocycles. The van der Waals surface area contributed by atoms with Gasteiger partial charge in [0.2, 0.25) is 0 Å². The SMILES string of the molecule is CCS(=O)(=O)c1ccc(C(=O)OC)c(Cl)c1OCC1CCCC1. The molecular weight excluding hydrogens is 340 g/mol. The van der Waals surface area contributed by atoms with Gasteiger partial charge in [-0.2, -0.15) is 0 Å². The normalized spacial score (nSPS) is 15.6. The molecule has 1 fully saturated rings. The smallest absolute Gasteiger partial charge is 0.339 e. The fraction of sp³-hybridized carbons (Fsp3) is 0.562. The van der Waals surface area contributed by atoms with Gasteiger partial charge in [-0.25, -0.2) is 13.2 Å². The van der Waals surface area contributed by atoms with Crippen molar-refractivity contribution in [1.29, 1.82) is 0 Å². The predicted octanol–water partition coefficient (Wildman–Crippen LogP) is 3.49. The van der Waals surface area contributed by atoms with Gasteiger partial charge in [0.25, 0.3) is 0 Å². The molecule has 2 rings (SSSR count). The van der Waals surface area contributed by atoms with E-state index < -0.39 is 15.8 Å². The highest BCUT2D eigenvalue weighted by Gasteiger charge is 2.26. The first-order valence-electron chi connectivity index (χ1n) is 7.67. The van der Waals surface area contributed by atoms with Crippen LogP contribution in [0.1, 0.15) is 43.0 Å². The average molecular weight is 361 g/mol. The molecule has 0 aromatic heterocycles. The standard InChI is InChI=1S/C16H21ClO5S/c1-3-23(19,20)13-9-8-12(16(18)21-2)14(17)15(13)22-10-11-6-4-5-7-11/h8-9,11H,3-7,10H2,1-2H3. The van der Waals surface area contributed by atoms with Gasteiger partial charge in [-0.1, -0.05) is 31.4 Å². The lowest BCUT2D eigenvalue weighted by atomic mass is 10.1. The van der Waals surface area contributed by atoms with Crippen molar-refractivity contribution in [1.82, 2.24) is 0 Å². The predicted molar refractivity (Wildman–Crippen MR) is 88.0 cm³/mol. The number of sulfone groups is 1. The fourth-order valence-electron chi connectivity index (χ4n) is 2.72. The zero-order valence-corrected chi connectivity index (χ0v) is 14.9. The summed E-state index contributed by atoms with van der Waals surface area (Å²) in [7, 11) is -2.26. The molecule has 1 aliphatic rings. The zero-order chi connectivity index (χ0) is 17.0. The zero-order valence-electron chi connectivity index (χ0n) is 13.3. The van der Waals surface area contributed by atoms with Crippen molar-refractivity contribution in [2.45, 2.75) is 37.5 Å². The van der Waals surface area contributed by atoms with Crippen molar-refractivity contribution in [3.05, 3.63) is 22.7 Å². The molecule has 128 valence electrons. The number of hydrogen-bond acceptors (Lipinski definition) is 5. The lowest BCUT2D eigenvalue weighted by Crippen LogP contribution is -2.14. The molecule has 0 atom stereocenters. The Balaban J connectivity index is 2.41. The van der Waals surface area contributed by atoms with E-state index in [0.717, 1.165) is 25.7 Å². The van der Waals surface area contributed by atoms with Crippen LogP contribution in [0.4, 0.5) is 0 Å². The van der Waals surface area contributed by atoms with Crippen molar-refractivity contribution in [3.63, 3.8) is 0 Å². The Morgan fingerprint density at radius 1 is 1.30 bits per heavy atom. The minimum atomic E-state index is -3.51. The molecule has 0 bridgehead atoms. The first-order valence-corrected chi connectivity index (χ1v) is 9.70. The van der Waals surface area contributed by atoms with Crippen molar-refractivity contribution < 1.29 is 22.7 Å². The van der Waals surface area contributed by atoms with Gasteiger partial charge in [-0.3, -0.25) is 0 Å². The van der Waals surface area contributed by atoms with Crippen LogP contribution < -0.4 is 4.74 Å². The molecule has 1 aromatic carbocycles. The van der Waals surface area contributed by atoms with E-state index in [-0.39, 0.29) is 27.0 Å². The molecule has 5 nitrogen and oxygen atoms in total. The second-order valence-corrected chi connectivity index (χ2v) is 8.24. The Morgan fingerprint density at radius 3 is 2.52 bits per heavy atom. The van der Waals surface area contributed by atoms with Gasteiger partial charge in [0.15, 0.2) is 15.6 Å². The molecule has 0 amide bonds. The molecule has 1 aromatic rings. The van der Waals surface area contributed by atoms with Gasteiger partial charge < -0.3 is 9.47 Å². The summed E-state index contributed by atoms with van der Waals surface area (Å²) in [5.41, 5.74) is 0.102. The monoisotopic (exact) mass is 360 g/mol. The van der Waals surface area contributed by atoms with Crippen LogP contribution in [-0.4, -0.2) is 33.9 Å². The summed E-state index contributed by atoms with van der Waals surface area (Å²) in [6.45, 7) is 1.95. The number of carbonyl (C=O) groups is 1. The number of rotatable bonds is 6. The Kier molecular flexibility index (Phi) is 5.92. The lowest BCUT2D eigenvalue weighted by molar-refractivity contribution is 0.0600. The molecule has 0 N–H and O–H groups in total. The molecule has 1 aliphatic carbocycles. The van der Waals surface area contributed by atoms with E-state index >= 15 is 0 Å². The molecule has 7 heteroatoms. The number of benzene rings is 1. The Labute approximate surface area is 141 Å². The lowest BCUT2D eigenvalue weighted by Gasteiger charge is -2.17. The van der Waals surface area contributed by atoms with Crippen LogP contribution in [0, 0.1) is 5.92 Å². The quantitative estimate of drug-likeness (QED) is 0.726. The summed E-state index contributed by atoms with van der Waals surface area (Å²) >= 11 is 6.25. The molecule has 0 radical (unpaired) electrons. The molecule has 0 saturated heterocycles.